The molecule has 104 valence electrons. The molecular formula is C12H25Cl2NO2. The summed E-state index contributed by atoms with van der Waals surface area (Å²) in [6.07, 6.45) is 4.18. The number of halogens is 2. The first-order chi connectivity index (χ1) is 6.82. The molecule has 0 aromatic heterocycles. The molecule has 0 aromatic carbocycles. The zero-order chi connectivity index (χ0) is 11.6. The van der Waals surface area contributed by atoms with Gasteiger partial charge < -0.3 is 10.8 Å². The number of rotatable bonds is 2. The van der Waals surface area contributed by atoms with Crippen LogP contribution in [0.15, 0.2) is 0 Å². The first-order valence-electron chi connectivity index (χ1n) is 5.80. The van der Waals surface area contributed by atoms with E-state index in [0.717, 1.165) is 31.6 Å². The van der Waals surface area contributed by atoms with Crippen LogP contribution >= 0.6 is 24.8 Å². The second kappa shape index (κ2) is 7.45. The fourth-order valence-corrected chi connectivity index (χ4v) is 2.55. The van der Waals surface area contributed by atoms with Gasteiger partial charge in [0, 0.05) is 0 Å². The van der Waals surface area contributed by atoms with Gasteiger partial charge in [-0.05, 0) is 42.9 Å². The van der Waals surface area contributed by atoms with E-state index in [2.05, 4.69) is 20.8 Å². The van der Waals surface area contributed by atoms with Crippen molar-refractivity contribution in [1.82, 2.24) is 0 Å². The smallest absolute Gasteiger partial charge is 0.320 e. The van der Waals surface area contributed by atoms with Crippen molar-refractivity contribution < 1.29 is 9.90 Å². The minimum absolute atomic E-state index is 0. The Labute approximate surface area is 116 Å². The number of hydrogen-bond acceptors (Lipinski definition) is 2. The lowest BCUT2D eigenvalue weighted by Crippen LogP contribution is -2.40. The Hall–Kier alpha value is 0.01000. The maximum atomic E-state index is 10.8. The summed E-state index contributed by atoms with van der Waals surface area (Å²) < 4.78 is 0. The van der Waals surface area contributed by atoms with E-state index < -0.39 is 12.0 Å². The monoisotopic (exact) mass is 285 g/mol. The van der Waals surface area contributed by atoms with Gasteiger partial charge in [0.15, 0.2) is 0 Å². The number of carboxylic acid groups (broad SMARTS) is 1. The highest BCUT2D eigenvalue weighted by Crippen LogP contribution is 2.40. The fraction of sp³-hybridized carbons (Fsp3) is 0.917. The maximum absolute atomic E-state index is 10.8. The largest absolute Gasteiger partial charge is 0.480 e. The summed E-state index contributed by atoms with van der Waals surface area (Å²) >= 11 is 0. The molecule has 1 atom stereocenters. The van der Waals surface area contributed by atoms with Crippen molar-refractivity contribution in [3.05, 3.63) is 0 Å². The molecule has 1 aliphatic rings. The molecule has 5 heteroatoms. The van der Waals surface area contributed by atoms with Crippen molar-refractivity contribution >= 4 is 30.8 Å². The van der Waals surface area contributed by atoms with Crippen LogP contribution in [0.4, 0.5) is 0 Å². The van der Waals surface area contributed by atoms with Gasteiger partial charge in [-0.1, -0.05) is 20.8 Å². The van der Waals surface area contributed by atoms with E-state index >= 15 is 0 Å². The topological polar surface area (TPSA) is 63.3 Å². The Morgan fingerprint density at radius 2 is 1.59 bits per heavy atom. The molecule has 3 nitrogen and oxygen atoms in total. The van der Waals surface area contributed by atoms with Crippen LogP contribution in [0.5, 0.6) is 0 Å². The van der Waals surface area contributed by atoms with Gasteiger partial charge in [-0.15, -0.1) is 24.8 Å². The lowest BCUT2D eigenvalue weighted by Gasteiger charge is -2.37. The molecule has 0 radical (unpaired) electrons. The zero-order valence-corrected chi connectivity index (χ0v) is 12.4. The van der Waals surface area contributed by atoms with E-state index in [1.54, 1.807) is 0 Å². The quantitative estimate of drug-likeness (QED) is 0.820. The van der Waals surface area contributed by atoms with E-state index in [9.17, 15) is 4.79 Å². The van der Waals surface area contributed by atoms with Crippen LogP contribution in [0.25, 0.3) is 0 Å². The summed E-state index contributed by atoms with van der Waals surface area (Å²) in [5.74, 6) is 0.0463. The van der Waals surface area contributed by atoms with Crippen LogP contribution in [0.1, 0.15) is 46.5 Å². The average molecular weight is 286 g/mol. The molecule has 1 rings (SSSR count). The van der Waals surface area contributed by atoms with Gasteiger partial charge in [-0.2, -0.15) is 0 Å². The molecule has 0 heterocycles. The fourth-order valence-electron chi connectivity index (χ4n) is 2.55. The Bertz CT molecular complexity index is 233. The van der Waals surface area contributed by atoms with Gasteiger partial charge in [0.1, 0.15) is 6.04 Å². The predicted octanol–water partition coefficient (Wildman–Crippen LogP) is 3.09. The van der Waals surface area contributed by atoms with Crippen LogP contribution in [0.2, 0.25) is 0 Å². The minimum Gasteiger partial charge on any atom is -0.480 e. The molecule has 17 heavy (non-hydrogen) atoms. The molecule has 0 aromatic rings. The van der Waals surface area contributed by atoms with E-state index in [1.807, 2.05) is 0 Å². The standard InChI is InChI=1S/C12H23NO2.2ClH/c1-12(2,3)9-6-4-8(5-7-9)10(13)11(14)15;;/h8-10H,4-7,13H2,1-3H3,(H,14,15);2*1H/t8?,9?,10-;;/m0../s1. The third-order valence-corrected chi connectivity index (χ3v) is 3.79. The summed E-state index contributed by atoms with van der Waals surface area (Å²) in [4.78, 5) is 10.8. The average Bonchev–Trinajstić information content (AvgIpc) is 2.15. The molecule has 0 spiro atoms. The predicted molar refractivity (Wildman–Crippen MR) is 75.0 cm³/mol. The summed E-state index contributed by atoms with van der Waals surface area (Å²) in [5, 5.41) is 8.84. The van der Waals surface area contributed by atoms with Crippen LogP contribution in [0, 0.1) is 17.3 Å². The van der Waals surface area contributed by atoms with E-state index in [4.69, 9.17) is 10.8 Å². The van der Waals surface area contributed by atoms with E-state index in [-0.39, 0.29) is 30.7 Å². The highest BCUT2D eigenvalue weighted by atomic mass is 35.5. The Balaban J connectivity index is 0. The van der Waals surface area contributed by atoms with Gasteiger partial charge in [0.2, 0.25) is 0 Å². The molecule has 1 aliphatic carbocycles. The number of aliphatic carboxylic acids is 1. The second-order valence-corrected chi connectivity index (χ2v) is 5.84. The van der Waals surface area contributed by atoms with E-state index in [0.29, 0.717) is 5.41 Å². The first kappa shape index (κ1) is 19.4. The number of carbonyl (C=O) groups is 1. The molecule has 1 fully saturated rings. The van der Waals surface area contributed by atoms with E-state index in [1.165, 1.54) is 0 Å². The van der Waals surface area contributed by atoms with Gasteiger partial charge in [0.25, 0.3) is 0 Å². The van der Waals surface area contributed by atoms with Crippen molar-refractivity contribution in [3.63, 3.8) is 0 Å². The van der Waals surface area contributed by atoms with Crippen molar-refractivity contribution in [2.75, 3.05) is 0 Å². The molecular weight excluding hydrogens is 261 g/mol. The molecule has 1 saturated carbocycles. The SMILES string of the molecule is CC(C)(C)C1CCC([C@H](N)C(=O)O)CC1.Cl.Cl. The van der Waals surface area contributed by atoms with Crippen LogP contribution in [-0.2, 0) is 4.79 Å². The molecule has 0 saturated heterocycles. The van der Waals surface area contributed by atoms with Crippen molar-refractivity contribution in [2.24, 2.45) is 23.0 Å². The lowest BCUT2D eigenvalue weighted by molar-refractivity contribution is -0.140. The number of carboxylic acids is 1. The van der Waals surface area contributed by atoms with Gasteiger partial charge in [0.05, 0.1) is 0 Å². The van der Waals surface area contributed by atoms with Gasteiger partial charge in [-0.3, -0.25) is 4.79 Å². The summed E-state index contributed by atoms with van der Waals surface area (Å²) in [6.45, 7) is 6.78. The number of hydrogen-bond donors (Lipinski definition) is 2. The third-order valence-electron chi connectivity index (χ3n) is 3.79. The molecule has 0 bridgehead atoms. The highest BCUT2D eigenvalue weighted by molar-refractivity contribution is 5.85. The Morgan fingerprint density at radius 1 is 1.18 bits per heavy atom. The first-order valence-corrected chi connectivity index (χ1v) is 5.80. The van der Waals surface area contributed by atoms with Crippen LogP contribution < -0.4 is 5.73 Å². The van der Waals surface area contributed by atoms with Crippen molar-refractivity contribution in [3.8, 4) is 0 Å². The summed E-state index contributed by atoms with van der Waals surface area (Å²) in [5.41, 5.74) is 5.99. The summed E-state index contributed by atoms with van der Waals surface area (Å²) in [7, 11) is 0. The van der Waals surface area contributed by atoms with Gasteiger partial charge >= 0.3 is 5.97 Å². The second-order valence-electron chi connectivity index (χ2n) is 5.84. The minimum atomic E-state index is -0.853. The van der Waals surface area contributed by atoms with Crippen molar-refractivity contribution in [1.29, 1.82) is 0 Å². The number of nitrogens with two attached hydrogens (primary N) is 1. The van der Waals surface area contributed by atoms with Crippen molar-refractivity contribution in [2.45, 2.75) is 52.5 Å². The third kappa shape index (κ3) is 5.45. The lowest BCUT2D eigenvalue weighted by atomic mass is 9.68. The normalized spacial score (nSPS) is 26.4. The zero-order valence-electron chi connectivity index (χ0n) is 10.8. The van der Waals surface area contributed by atoms with Crippen LogP contribution in [0.3, 0.4) is 0 Å². The maximum Gasteiger partial charge on any atom is 0.320 e. The molecule has 0 unspecified atom stereocenters. The molecule has 0 aliphatic heterocycles. The summed E-state index contributed by atoms with van der Waals surface area (Å²) in [6, 6.07) is -0.661. The van der Waals surface area contributed by atoms with Crippen LogP contribution in [-0.4, -0.2) is 17.1 Å². The highest BCUT2D eigenvalue weighted by Gasteiger charge is 2.33. The Morgan fingerprint density at radius 3 is 1.88 bits per heavy atom. The Kier molecular flexibility index (Phi) is 8.48. The molecule has 3 N–H and O–H groups in total. The van der Waals surface area contributed by atoms with Gasteiger partial charge in [-0.25, -0.2) is 0 Å². The molecule has 0 amide bonds.